The zero-order chi connectivity index (χ0) is 17.9. The molecule has 0 bridgehead atoms. The Morgan fingerprint density at radius 2 is 1.76 bits per heavy atom. The van der Waals surface area contributed by atoms with Crippen LogP contribution in [0.3, 0.4) is 0 Å². The fraction of sp³-hybridized carbons (Fsp3) is 0.526. The number of nitrogens with one attached hydrogen (secondary N) is 1. The number of benzene rings is 1. The number of hydrogen-bond acceptors (Lipinski definition) is 4. The van der Waals surface area contributed by atoms with Crippen LogP contribution < -0.4 is 4.72 Å². The van der Waals surface area contributed by atoms with Crippen LogP contribution >= 0.6 is 11.3 Å². The van der Waals surface area contributed by atoms with E-state index >= 15 is 0 Å². The van der Waals surface area contributed by atoms with Crippen LogP contribution in [0.1, 0.15) is 55.5 Å². The lowest BCUT2D eigenvalue weighted by Gasteiger charge is -2.21. The van der Waals surface area contributed by atoms with Gasteiger partial charge in [-0.2, -0.15) is 0 Å². The van der Waals surface area contributed by atoms with Crippen molar-refractivity contribution in [3.05, 3.63) is 34.2 Å². The van der Waals surface area contributed by atoms with Crippen LogP contribution in [0.15, 0.2) is 28.5 Å². The van der Waals surface area contributed by atoms with Crippen LogP contribution in [0.5, 0.6) is 0 Å². The maximum atomic E-state index is 13.0. The molecule has 1 aromatic heterocycles. The van der Waals surface area contributed by atoms with E-state index in [1.165, 1.54) is 19.3 Å². The molecular formula is C19H26N2O2S2. The monoisotopic (exact) mass is 378 g/mol. The van der Waals surface area contributed by atoms with E-state index in [9.17, 15) is 8.42 Å². The highest BCUT2D eigenvalue weighted by molar-refractivity contribution is 7.89. The highest BCUT2D eigenvalue weighted by atomic mass is 32.2. The zero-order valence-electron chi connectivity index (χ0n) is 14.9. The summed E-state index contributed by atoms with van der Waals surface area (Å²) >= 11 is 1.57. The minimum Gasteiger partial charge on any atom is -0.242 e. The zero-order valence-corrected chi connectivity index (χ0v) is 16.5. The molecule has 2 aromatic rings. The molecule has 0 saturated heterocycles. The van der Waals surface area contributed by atoms with Crippen LogP contribution in [0, 0.1) is 13.8 Å². The molecule has 1 fully saturated rings. The van der Waals surface area contributed by atoms with Gasteiger partial charge in [0.2, 0.25) is 10.0 Å². The molecule has 0 atom stereocenters. The Hall–Kier alpha value is -1.24. The summed E-state index contributed by atoms with van der Waals surface area (Å²) in [4.78, 5) is 4.85. The minimum absolute atomic E-state index is 0.0508. The van der Waals surface area contributed by atoms with Crippen molar-refractivity contribution in [3.8, 4) is 11.3 Å². The van der Waals surface area contributed by atoms with Crippen LogP contribution in [-0.2, 0) is 10.0 Å². The standard InChI is InChI=1S/C19H26N2O2S2/c1-14-10-11-16(18-13-24-15(2)20-18)12-19(14)25(22,23)21-17-8-6-4-3-5-7-9-17/h10-13,17,21H,3-9H2,1-2H3. The first-order valence-electron chi connectivity index (χ1n) is 9.01. The van der Waals surface area contributed by atoms with Gasteiger partial charge in [-0.3, -0.25) is 0 Å². The lowest BCUT2D eigenvalue weighted by atomic mass is 9.97. The van der Waals surface area contributed by atoms with Crippen LogP contribution in [0.25, 0.3) is 11.3 Å². The average Bonchev–Trinajstić information content (AvgIpc) is 2.96. The summed E-state index contributed by atoms with van der Waals surface area (Å²) in [5, 5.41) is 2.95. The summed E-state index contributed by atoms with van der Waals surface area (Å²) in [6.45, 7) is 3.80. The number of sulfonamides is 1. The third-order valence-electron chi connectivity index (χ3n) is 4.82. The Kier molecular flexibility index (Phi) is 5.92. The van der Waals surface area contributed by atoms with Crippen LogP contribution in [-0.4, -0.2) is 19.4 Å². The Balaban J connectivity index is 1.85. The molecule has 1 aromatic carbocycles. The molecule has 0 amide bonds. The van der Waals surface area contributed by atoms with E-state index in [0.717, 1.165) is 47.5 Å². The van der Waals surface area contributed by atoms with Gasteiger partial charge in [0.1, 0.15) is 0 Å². The number of hydrogen-bond donors (Lipinski definition) is 1. The topological polar surface area (TPSA) is 59.1 Å². The molecule has 0 aliphatic heterocycles. The van der Waals surface area contributed by atoms with E-state index in [-0.39, 0.29) is 6.04 Å². The lowest BCUT2D eigenvalue weighted by Crippen LogP contribution is -2.35. The summed E-state index contributed by atoms with van der Waals surface area (Å²) < 4.78 is 28.9. The van der Waals surface area contributed by atoms with Gasteiger partial charge in [-0.15, -0.1) is 11.3 Å². The van der Waals surface area contributed by atoms with Crippen LogP contribution in [0.4, 0.5) is 0 Å². The SMILES string of the molecule is Cc1nc(-c2ccc(C)c(S(=O)(=O)NC3CCCCCCC3)c2)cs1. The summed E-state index contributed by atoms with van der Waals surface area (Å²) in [7, 11) is -3.52. The van der Waals surface area contributed by atoms with Crippen molar-refractivity contribution in [1.29, 1.82) is 0 Å². The molecule has 1 heterocycles. The summed E-state index contributed by atoms with van der Waals surface area (Å²) in [5.74, 6) is 0. The normalized spacial score (nSPS) is 17.2. The maximum absolute atomic E-state index is 13.0. The van der Waals surface area contributed by atoms with Crippen molar-refractivity contribution in [1.82, 2.24) is 9.71 Å². The van der Waals surface area contributed by atoms with Gasteiger partial charge in [0.15, 0.2) is 0 Å². The highest BCUT2D eigenvalue weighted by Crippen LogP contribution is 2.27. The number of nitrogens with zero attached hydrogens (tertiary/aromatic N) is 1. The molecular weight excluding hydrogens is 352 g/mol. The molecule has 4 nitrogen and oxygen atoms in total. The molecule has 1 saturated carbocycles. The molecule has 1 aliphatic carbocycles. The van der Waals surface area contributed by atoms with Crippen molar-refractivity contribution in [2.45, 2.75) is 69.7 Å². The summed E-state index contributed by atoms with van der Waals surface area (Å²) in [6, 6.07) is 5.62. The second-order valence-corrected chi connectivity index (χ2v) is 9.64. The smallest absolute Gasteiger partial charge is 0.241 e. The van der Waals surface area contributed by atoms with E-state index in [4.69, 9.17) is 0 Å². The second-order valence-electron chi connectivity index (χ2n) is 6.90. The lowest BCUT2D eigenvalue weighted by molar-refractivity contribution is 0.426. The van der Waals surface area contributed by atoms with E-state index < -0.39 is 10.0 Å². The molecule has 1 aliphatic rings. The molecule has 0 radical (unpaired) electrons. The molecule has 6 heteroatoms. The van der Waals surface area contributed by atoms with Gasteiger partial charge in [0.05, 0.1) is 15.6 Å². The Morgan fingerprint density at radius 1 is 1.08 bits per heavy atom. The van der Waals surface area contributed by atoms with Gasteiger partial charge in [-0.05, 0) is 38.3 Å². The predicted octanol–water partition coefficient (Wildman–Crippen LogP) is 4.82. The third kappa shape index (κ3) is 4.68. The first-order valence-corrected chi connectivity index (χ1v) is 11.4. The fourth-order valence-electron chi connectivity index (χ4n) is 3.40. The van der Waals surface area contributed by atoms with Crippen molar-refractivity contribution in [2.75, 3.05) is 0 Å². The maximum Gasteiger partial charge on any atom is 0.241 e. The van der Waals surface area contributed by atoms with Crippen molar-refractivity contribution in [2.24, 2.45) is 0 Å². The Bertz CT molecular complexity index is 820. The number of aromatic nitrogens is 1. The molecule has 1 N–H and O–H groups in total. The number of rotatable bonds is 4. The van der Waals surface area contributed by atoms with Crippen molar-refractivity contribution in [3.63, 3.8) is 0 Å². The molecule has 0 spiro atoms. The van der Waals surface area contributed by atoms with Crippen molar-refractivity contribution >= 4 is 21.4 Å². The van der Waals surface area contributed by atoms with Gasteiger partial charge >= 0.3 is 0 Å². The third-order valence-corrected chi connectivity index (χ3v) is 7.26. The largest absolute Gasteiger partial charge is 0.242 e. The molecule has 136 valence electrons. The second kappa shape index (κ2) is 7.98. The van der Waals surface area contributed by atoms with E-state index in [1.54, 1.807) is 17.4 Å². The first-order chi connectivity index (χ1) is 12.0. The summed E-state index contributed by atoms with van der Waals surface area (Å²) in [5.41, 5.74) is 2.46. The first kappa shape index (κ1) is 18.5. The van der Waals surface area contributed by atoms with Gasteiger partial charge in [0.25, 0.3) is 0 Å². The van der Waals surface area contributed by atoms with E-state index in [2.05, 4.69) is 9.71 Å². The Morgan fingerprint density at radius 3 is 2.40 bits per heavy atom. The minimum atomic E-state index is -3.52. The number of aryl methyl sites for hydroxylation is 2. The predicted molar refractivity (Wildman–Crippen MR) is 103 cm³/mol. The highest BCUT2D eigenvalue weighted by Gasteiger charge is 2.23. The van der Waals surface area contributed by atoms with E-state index in [0.29, 0.717) is 4.90 Å². The van der Waals surface area contributed by atoms with Crippen molar-refractivity contribution < 1.29 is 8.42 Å². The number of thiazole rings is 1. The quantitative estimate of drug-likeness (QED) is 0.830. The molecule has 0 unspecified atom stereocenters. The van der Waals surface area contributed by atoms with Gasteiger partial charge in [-0.25, -0.2) is 18.1 Å². The molecule has 3 rings (SSSR count). The Labute approximate surface area is 154 Å². The van der Waals surface area contributed by atoms with Crippen LogP contribution in [0.2, 0.25) is 0 Å². The fourth-order valence-corrected chi connectivity index (χ4v) is 5.60. The average molecular weight is 379 g/mol. The summed E-state index contributed by atoms with van der Waals surface area (Å²) in [6.07, 6.45) is 7.75. The van der Waals surface area contributed by atoms with Gasteiger partial charge in [-0.1, -0.05) is 44.2 Å². The van der Waals surface area contributed by atoms with E-state index in [1.807, 2.05) is 31.4 Å². The van der Waals surface area contributed by atoms with Gasteiger partial charge < -0.3 is 0 Å². The van der Waals surface area contributed by atoms with Gasteiger partial charge in [0, 0.05) is 17.0 Å². The molecule has 25 heavy (non-hydrogen) atoms.